The van der Waals surface area contributed by atoms with E-state index in [0.29, 0.717) is 16.5 Å². The van der Waals surface area contributed by atoms with Crippen LogP contribution in [-0.2, 0) is 9.59 Å². The van der Waals surface area contributed by atoms with Gasteiger partial charge in [0.25, 0.3) is 5.91 Å². The summed E-state index contributed by atoms with van der Waals surface area (Å²) in [4.78, 5) is 23.4. The summed E-state index contributed by atoms with van der Waals surface area (Å²) in [6, 6.07) is 14.3. The molecule has 2 N–H and O–H groups in total. The number of nitrogens with one attached hydrogen (secondary N) is 2. The normalized spacial score (nSPS) is 10.0. The van der Waals surface area contributed by atoms with E-state index in [-0.39, 0.29) is 25.0 Å². The summed E-state index contributed by atoms with van der Waals surface area (Å²) in [5, 5.41) is 5.58. The number of anilines is 1. The van der Waals surface area contributed by atoms with Gasteiger partial charge < -0.3 is 15.4 Å². The Morgan fingerprint density at radius 3 is 2.52 bits per heavy atom. The third-order valence-electron chi connectivity index (χ3n) is 2.96. The predicted octanol–water partition coefficient (Wildman–Crippen LogP) is 2.78. The van der Waals surface area contributed by atoms with Crippen molar-refractivity contribution in [2.75, 3.05) is 18.5 Å². The molecule has 5 nitrogen and oxygen atoms in total. The van der Waals surface area contributed by atoms with Crippen LogP contribution >= 0.6 is 11.6 Å². The van der Waals surface area contributed by atoms with Gasteiger partial charge in [-0.2, -0.15) is 0 Å². The van der Waals surface area contributed by atoms with Crippen LogP contribution in [0.2, 0.25) is 5.02 Å². The summed E-state index contributed by atoms with van der Waals surface area (Å²) in [5.74, 6) is -0.138. The summed E-state index contributed by atoms with van der Waals surface area (Å²) in [5.41, 5.74) is 1.51. The summed E-state index contributed by atoms with van der Waals surface area (Å²) >= 11 is 6.03. The molecule has 0 saturated heterocycles. The van der Waals surface area contributed by atoms with Crippen molar-refractivity contribution in [2.24, 2.45) is 0 Å². The van der Waals surface area contributed by atoms with Gasteiger partial charge in [-0.1, -0.05) is 35.9 Å². The number of halogens is 1. The van der Waals surface area contributed by atoms with Gasteiger partial charge in [0.1, 0.15) is 5.75 Å². The molecule has 0 bridgehead atoms. The van der Waals surface area contributed by atoms with Crippen molar-refractivity contribution < 1.29 is 14.3 Å². The molecule has 0 saturated carbocycles. The average Bonchev–Trinajstić information content (AvgIpc) is 2.54. The van der Waals surface area contributed by atoms with Crippen LogP contribution in [0.4, 0.5) is 5.69 Å². The Hall–Kier alpha value is -2.53. The first kappa shape index (κ1) is 16.8. The third-order valence-corrected chi connectivity index (χ3v) is 3.27. The first-order valence-corrected chi connectivity index (χ1v) is 7.43. The molecule has 0 aliphatic carbocycles. The molecule has 0 fully saturated rings. The van der Waals surface area contributed by atoms with E-state index in [9.17, 15) is 9.59 Å². The highest BCUT2D eigenvalue weighted by Gasteiger charge is 2.08. The molecule has 0 spiro atoms. The molecule has 2 rings (SSSR count). The van der Waals surface area contributed by atoms with E-state index in [1.807, 2.05) is 31.2 Å². The van der Waals surface area contributed by atoms with Crippen molar-refractivity contribution >= 4 is 29.1 Å². The molecule has 0 unspecified atom stereocenters. The minimum Gasteiger partial charge on any atom is -0.484 e. The van der Waals surface area contributed by atoms with Crippen LogP contribution in [0.5, 0.6) is 5.75 Å². The Kier molecular flexibility index (Phi) is 6.00. The number of ether oxygens (including phenoxy) is 1. The molecule has 0 aliphatic heterocycles. The van der Waals surface area contributed by atoms with E-state index in [4.69, 9.17) is 16.3 Å². The lowest BCUT2D eigenvalue weighted by Crippen LogP contribution is -2.35. The maximum absolute atomic E-state index is 11.8. The zero-order valence-corrected chi connectivity index (χ0v) is 13.4. The summed E-state index contributed by atoms with van der Waals surface area (Å²) in [7, 11) is 0. The van der Waals surface area contributed by atoms with Gasteiger partial charge >= 0.3 is 0 Å². The average molecular weight is 333 g/mol. The lowest BCUT2D eigenvalue weighted by Gasteiger charge is -2.09. The van der Waals surface area contributed by atoms with Crippen molar-refractivity contribution in [3.8, 4) is 5.75 Å². The van der Waals surface area contributed by atoms with Crippen LogP contribution in [0.25, 0.3) is 0 Å². The summed E-state index contributed by atoms with van der Waals surface area (Å²) < 4.78 is 5.29. The maximum Gasteiger partial charge on any atom is 0.258 e. The number of aryl methyl sites for hydroxylation is 1. The molecule has 0 aliphatic rings. The molecule has 23 heavy (non-hydrogen) atoms. The number of rotatable bonds is 6. The quantitative estimate of drug-likeness (QED) is 0.854. The van der Waals surface area contributed by atoms with Gasteiger partial charge in [-0.05, 0) is 36.8 Å². The van der Waals surface area contributed by atoms with Crippen LogP contribution in [0.15, 0.2) is 48.5 Å². The van der Waals surface area contributed by atoms with E-state index in [2.05, 4.69) is 10.6 Å². The Balaban J connectivity index is 1.74. The minimum atomic E-state index is -0.376. The van der Waals surface area contributed by atoms with Crippen LogP contribution in [-0.4, -0.2) is 25.0 Å². The van der Waals surface area contributed by atoms with Crippen molar-refractivity contribution in [2.45, 2.75) is 6.92 Å². The SMILES string of the molecule is Cc1ccc(NC(=O)CNC(=O)COc2ccccc2)c(Cl)c1. The van der Waals surface area contributed by atoms with E-state index in [1.54, 1.807) is 24.3 Å². The van der Waals surface area contributed by atoms with Crippen molar-refractivity contribution in [3.63, 3.8) is 0 Å². The number of carbonyl (C=O) groups excluding carboxylic acids is 2. The van der Waals surface area contributed by atoms with E-state index >= 15 is 0 Å². The van der Waals surface area contributed by atoms with Gasteiger partial charge in [-0.3, -0.25) is 9.59 Å². The van der Waals surface area contributed by atoms with Crippen LogP contribution in [0.3, 0.4) is 0 Å². The van der Waals surface area contributed by atoms with E-state index < -0.39 is 0 Å². The smallest absolute Gasteiger partial charge is 0.258 e. The highest BCUT2D eigenvalue weighted by molar-refractivity contribution is 6.33. The summed E-state index contributed by atoms with van der Waals surface area (Å²) in [6.07, 6.45) is 0. The van der Waals surface area contributed by atoms with Gasteiger partial charge in [0.15, 0.2) is 6.61 Å². The van der Waals surface area contributed by atoms with Gasteiger partial charge in [-0.15, -0.1) is 0 Å². The second-order valence-electron chi connectivity index (χ2n) is 4.91. The number of amides is 2. The fourth-order valence-corrected chi connectivity index (χ4v) is 2.09. The second-order valence-corrected chi connectivity index (χ2v) is 5.32. The molecular weight excluding hydrogens is 316 g/mol. The lowest BCUT2D eigenvalue weighted by molar-refractivity contribution is -0.125. The lowest BCUT2D eigenvalue weighted by atomic mass is 10.2. The first-order valence-electron chi connectivity index (χ1n) is 7.05. The number of carbonyl (C=O) groups is 2. The largest absolute Gasteiger partial charge is 0.484 e. The topological polar surface area (TPSA) is 67.4 Å². The second kappa shape index (κ2) is 8.19. The number of hydrogen-bond acceptors (Lipinski definition) is 3. The number of para-hydroxylation sites is 1. The van der Waals surface area contributed by atoms with Gasteiger partial charge in [0, 0.05) is 0 Å². The van der Waals surface area contributed by atoms with Gasteiger partial charge in [0.05, 0.1) is 17.3 Å². The van der Waals surface area contributed by atoms with Crippen LogP contribution in [0.1, 0.15) is 5.56 Å². The Labute approximate surface area is 139 Å². The van der Waals surface area contributed by atoms with Crippen LogP contribution < -0.4 is 15.4 Å². The molecule has 0 radical (unpaired) electrons. The molecule has 2 amide bonds. The minimum absolute atomic E-state index is 0.150. The molecule has 0 heterocycles. The van der Waals surface area contributed by atoms with Crippen LogP contribution in [0, 0.1) is 6.92 Å². The predicted molar refractivity (Wildman–Crippen MR) is 89.8 cm³/mol. The fourth-order valence-electron chi connectivity index (χ4n) is 1.81. The zero-order chi connectivity index (χ0) is 16.7. The summed E-state index contributed by atoms with van der Waals surface area (Å²) in [6.45, 7) is 1.61. The number of benzene rings is 2. The standard InChI is InChI=1S/C17H17ClN2O3/c1-12-7-8-15(14(18)9-12)20-16(21)10-19-17(22)11-23-13-5-3-2-4-6-13/h2-9H,10-11H2,1H3,(H,19,22)(H,20,21). The molecule has 2 aromatic rings. The van der Waals surface area contributed by atoms with Gasteiger partial charge in [-0.25, -0.2) is 0 Å². The molecule has 0 atom stereocenters. The first-order chi connectivity index (χ1) is 11.0. The van der Waals surface area contributed by atoms with E-state index in [0.717, 1.165) is 5.56 Å². The molecule has 0 aromatic heterocycles. The van der Waals surface area contributed by atoms with Crippen molar-refractivity contribution in [1.29, 1.82) is 0 Å². The highest BCUT2D eigenvalue weighted by Crippen LogP contribution is 2.22. The molecular formula is C17H17ClN2O3. The van der Waals surface area contributed by atoms with Gasteiger partial charge in [0.2, 0.25) is 5.91 Å². The Bertz CT molecular complexity index is 689. The monoisotopic (exact) mass is 332 g/mol. The maximum atomic E-state index is 11.8. The molecule has 120 valence electrons. The van der Waals surface area contributed by atoms with E-state index in [1.165, 1.54) is 0 Å². The molecule has 6 heteroatoms. The number of hydrogen-bond donors (Lipinski definition) is 2. The molecule has 2 aromatic carbocycles. The fraction of sp³-hybridized carbons (Fsp3) is 0.176. The Morgan fingerprint density at radius 1 is 1.09 bits per heavy atom. The Morgan fingerprint density at radius 2 is 1.83 bits per heavy atom. The third kappa shape index (κ3) is 5.64. The van der Waals surface area contributed by atoms with Crippen molar-refractivity contribution in [1.82, 2.24) is 5.32 Å². The van der Waals surface area contributed by atoms with Crippen molar-refractivity contribution in [3.05, 3.63) is 59.1 Å². The zero-order valence-electron chi connectivity index (χ0n) is 12.6. The highest BCUT2D eigenvalue weighted by atomic mass is 35.5.